The van der Waals surface area contributed by atoms with Crippen molar-refractivity contribution in [2.45, 2.75) is 19.9 Å². The van der Waals surface area contributed by atoms with Gasteiger partial charge in [0.25, 0.3) is 0 Å². The number of hydrogen-bond donors (Lipinski definition) is 2. The van der Waals surface area contributed by atoms with Gasteiger partial charge < -0.3 is 5.32 Å². The first kappa shape index (κ1) is 14.8. The van der Waals surface area contributed by atoms with E-state index < -0.39 is 10.0 Å². The molecular weight excluding hydrogens is 294 g/mol. The third-order valence-corrected chi connectivity index (χ3v) is 4.73. The summed E-state index contributed by atoms with van der Waals surface area (Å²) in [6, 6.07) is 7.28. The van der Waals surface area contributed by atoms with Crippen molar-refractivity contribution in [1.29, 1.82) is 0 Å². The highest BCUT2D eigenvalue weighted by Crippen LogP contribution is 2.21. The van der Waals surface area contributed by atoms with Crippen molar-refractivity contribution in [2.75, 3.05) is 15.8 Å². The van der Waals surface area contributed by atoms with Crippen LogP contribution in [-0.2, 0) is 10.0 Å². The molecule has 2 aromatic rings. The Hall–Kier alpha value is -1.60. The van der Waals surface area contributed by atoms with E-state index in [0.29, 0.717) is 5.69 Å². The number of anilines is 2. The van der Waals surface area contributed by atoms with E-state index in [2.05, 4.69) is 15.0 Å². The monoisotopic (exact) mass is 311 g/mol. The van der Waals surface area contributed by atoms with Crippen LogP contribution >= 0.6 is 11.3 Å². The third-order valence-electron chi connectivity index (χ3n) is 2.82. The molecule has 5 nitrogen and oxygen atoms in total. The van der Waals surface area contributed by atoms with E-state index in [9.17, 15) is 8.42 Å². The van der Waals surface area contributed by atoms with E-state index >= 15 is 0 Å². The molecule has 0 amide bonds. The van der Waals surface area contributed by atoms with Gasteiger partial charge in [-0.15, -0.1) is 11.3 Å². The lowest BCUT2D eigenvalue weighted by atomic mass is 10.2. The first-order chi connectivity index (χ1) is 9.50. The van der Waals surface area contributed by atoms with E-state index in [1.807, 2.05) is 24.4 Å². The molecule has 1 heterocycles. The quantitative estimate of drug-likeness (QED) is 0.860. The summed E-state index contributed by atoms with van der Waals surface area (Å²) >= 11 is 1.56. The lowest BCUT2D eigenvalue weighted by Gasteiger charge is -2.13. The zero-order chi connectivity index (χ0) is 14.6. The second-order valence-corrected chi connectivity index (χ2v) is 7.09. The molecule has 108 valence electrons. The molecule has 2 N–H and O–H groups in total. The number of rotatable bonds is 6. The predicted molar refractivity (Wildman–Crippen MR) is 83.7 cm³/mol. The van der Waals surface area contributed by atoms with Crippen LogP contribution in [-0.4, -0.2) is 19.2 Å². The summed E-state index contributed by atoms with van der Waals surface area (Å²) in [5, 5.41) is 5.32. The zero-order valence-corrected chi connectivity index (χ0v) is 13.0. The summed E-state index contributed by atoms with van der Waals surface area (Å²) in [7, 11) is -3.22. The number of nitrogens with zero attached hydrogens (tertiary/aromatic N) is 1. The molecule has 2 rings (SSSR count). The van der Waals surface area contributed by atoms with Crippen molar-refractivity contribution >= 4 is 32.7 Å². The molecule has 0 radical (unpaired) electrons. The molecule has 0 aliphatic heterocycles. The van der Waals surface area contributed by atoms with E-state index in [1.165, 1.54) is 0 Å². The molecular formula is C13H17N3O2S2. The third kappa shape index (κ3) is 3.94. The average molecular weight is 311 g/mol. The summed E-state index contributed by atoms with van der Waals surface area (Å²) in [6.45, 7) is 3.64. The smallest absolute Gasteiger partial charge is 0.232 e. The number of sulfonamides is 1. The zero-order valence-electron chi connectivity index (χ0n) is 11.3. The lowest BCUT2D eigenvalue weighted by Crippen LogP contribution is -2.14. The highest BCUT2D eigenvalue weighted by atomic mass is 32.2. The van der Waals surface area contributed by atoms with Gasteiger partial charge in [0.1, 0.15) is 0 Å². The van der Waals surface area contributed by atoms with Crippen LogP contribution in [0.5, 0.6) is 0 Å². The highest BCUT2D eigenvalue weighted by Gasteiger charge is 2.08. The van der Waals surface area contributed by atoms with Crippen LogP contribution in [0, 0.1) is 0 Å². The molecule has 0 bridgehead atoms. The van der Waals surface area contributed by atoms with Crippen molar-refractivity contribution in [3.05, 3.63) is 40.8 Å². The molecule has 1 aromatic carbocycles. The minimum Gasteiger partial charge on any atom is -0.377 e. The summed E-state index contributed by atoms with van der Waals surface area (Å²) < 4.78 is 25.4. The molecule has 0 saturated heterocycles. The Bertz CT molecular complexity index is 637. The average Bonchev–Trinajstić information content (AvgIpc) is 2.95. The normalized spacial score (nSPS) is 12.9. The van der Waals surface area contributed by atoms with Gasteiger partial charge in [-0.2, -0.15) is 0 Å². The van der Waals surface area contributed by atoms with E-state index in [4.69, 9.17) is 0 Å². The maximum Gasteiger partial charge on any atom is 0.232 e. The fourth-order valence-corrected chi connectivity index (χ4v) is 2.93. The summed E-state index contributed by atoms with van der Waals surface area (Å²) in [6.07, 6.45) is 0. The Morgan fingerprint density at radius 2 is 1.90 bits per heavy atom. The molecule has 1 atom stereocenters. The van der Waals surface area contributed by atoms with Gasteiger partial charge in [0.05, 0.1) is 23.0 Å². The fourth-order valence-electron chi connectivity index (χ4n) is 1.65. The van der Waals surface area contributed by atoms with Crippen LogP contribution in [0.1, 0.15) is 25.6 Å². The molecule has 0 aliphatic carbocycles. The number of nitrogens with one attached hydrogen (secondary N) is 2. The maximum atomic E-state index is 11.5. The van der Waals surface area contributed by atoms with Crippen molar-refractivity contribution in [3.63, 3.8) is 0 Å². The maximum absolute atomic E-state index is 11.5. The Morgan fingerprint density at radius 1 is 1.25 bits per heavy atom. The second kappa shape index (κ2) is 6.23. The second-order valence-electron chi connectivity index (χ2n) is 4.36. The van der Waals surface area contributed by atoms with Gasteiger partial charge in [-0.25, -0.2) is 13.4 Å². The summed E-state index contributed by atoms with van der Waals surface area (Å²) in [5.74, 6) is 0.0634. The molecule has 0 fully saturated rings. The highest BCUT2D eigenvalue weighted by molar-refractivity contribution is 7.92. The van der Waals surface area contributed by atoms with Gasteiger partial charge in [-0.1, -0.05) is 0 Å². The van der Waals surface area contributed by atoms with Crippen LogP contribution < -0.4 is 10.0 Å². The van der Waals surface area contributed by atoms with Gasteiger partial charge in [0.15, 0.2) is 0 Å². The van der Waals surface area contributed by atoms with E-state index in [0.717, 1.165) is 11.4 Å². The largest absolute Gasteiger partial charge is 0.377 e. The van der Waals surface area contributed by atoms with E-state index in [-0.39, 0.29) is 11.8 Å². The van der Waals surface area contributed by atoms with Crippen molar-refractivity contribution in [3.8, 4) is 0 Å². The number of thiazole rings is 1. The SMILES string of the molecule is CCS(=O)(=O)Nc1ccc(NC(C)c2cscn2)cc1. The fraction of sp³-hybridized carbons (Fsp3) is 0.308. The van der Waals surface area contributed by atoms with Gasteiger partial charge in [0, 0.05) is 16.8 Å². The van der Waals surface area contributed by atoms with Crippen LogP contribution in [0.15, 0.2) is 35.2 Å². The van der Waals surface area contributed by atoms with Gasteiger partial charge in [-0.05, 0) is 38.1 Å². The predicted octanol–water partition coefficient (Wildman–Crippen LogP) is 3.08. The minimum atomic E-state index is -3.22. The first-order valence-electron chi connectivity index (χ1n) is 6.25. The summed E-state index contributed by atoms with van der Waals surface area (Å²) in [5.41, 5.74) is 4.28. The van der Waals surface area contributed by atoms with Crippen molar-refractivity contribution in [2.24, 2.45) is 0 Å². The number of aromatic nitrogens is 1. The molecule has 20 heavy (non-hydrogen) atoms. The molecule has 0 saturated carbocycles. The van der Waals surface area contributed by atoms with Crippen LogP contribution in [0.3, 0.4) is 0 Å². The molecule has 7 heteroatoms. The molecule has 0 aliphatic rings. The van der Waals surface area contributed by atoms with Crippen LogP contribution in [0.4, 0.5) is 11.4 Å². The Kier molecular flexibility index (Phi) is 4.61. The molecule has 1 unspecified atom stereocenters. The van der Waals surface area contributed by atoms with Crippen LogP contribution in [0.25, 0.3) is 0 Å². The number of benzene rings is 1. The lowest BCUT2D eigenvalue weighted by molar-refractivity contribution is 0.602. The standard InChI is InChI=1S/C13H17N3O2S2/c1-3-20(17,18)16-12-6-4-11(5-7-12)15-10(2)13-8-19-9-14-13/h4-10,15-16H,3H2,1-2H3. The van der Waals surface area contributed by atoms with Crippen molar-refractivity contribution in [1.82, 2.24) is 4.98 Å². The Labute approximate surface area is 123 Å². The molecule has 0 spiro atoms. The van der Waals surface area contributed by atoms with Gasteiger partial charge in [-0.3, -0.25) is 4.72 Å². The Balaban J connectivity index is 2.02. The summed E-state index contributed by atoms with van der Waals surface area (Å²) in [4.78, 5) is 4.25. The minimum absolute atomic E-state index is 0.0634. The molecule has 1 aromatic heterocycles. The Morgan fingerprint density at radius 3 is 2.45 bits per heavy atom. The van der Waals surface area contributed by atoms with Gasteiger partial charge >= 0.3 is 0 Å². The van der Waals surface area contributed by atoms with Gasteiger partial charge in [0.2, 0.25) is 10.0 Å². The first-order valence-corrected chi connectivity index (χ1v) is 8.85. The van der Waals surface area contributed by atoms with Crippen LogP contribution in [0.2, 0.25) is 0 Å². The topological polar surface area (TPSA) is 71.1 Å². The van der Waals surface area contributed by atoms with Crippen molar-refractivity contribution < 1.29 is 8.42 Å². The number of hydrogen-bond acceptors (Lipinski definition) is 5. The van der Waals surface area contributed by atoms with E-state index in [1.54, 1.807) is 35.9 Å².